The van der Waals surface area contributed by atoms with E-state index in [-0.39, 0.29) is 0 Å². The molecule has 0 radical (unpaired) electrons. The lowest BCUT2D eigenvalue weighted by molar-refractivity contribution is 0.331. The second-order valence-electron chi connectivity index (χ2n) is 4.25. The third-order valence-electron chi connectivity index (χ3n) is 2.77. The molecule has 2 nitrogen and oxygen atoms in total. The van der Waals surface area contributed by atoms with Gasteiger partial charge in [-0.2, -0.15) is 0 Å². The van der Waals surface area contributed by atoms with Crippen LogP contribution in [-0.4, -0.2) is 38.1 Å². The third-order valence-corrected chi connectivity index (χ3v) is 2.77. The Labute approximate surface area is 99.7 Å². The van der Waals surface area contributed by atoms with Gasteiger partial charge in [0.05, 0.1) is 0 Å². The molecule has 0 aliphatic rings. The first-order valence-electron chi connectivity index (χ1n) is 6.26. The first-order valence-corrected chi connectivity index (χ1v) is 6.26. The molecule has 0 unspecified atom stereocenters. The maximum absolute atomic E-state index is 3.35. The minimum absolute atomic E-state index is 1.08. The summed E-state index contributed by atoms with van der Waals surface area (Å²) in [4.78, 5) is 2.41. The Morgan fingerprint density at radius 3 is 2.56 bits per heavy atom. The van der Waals surface area contributed by atoms with E-state index in [9.17, 15) is 0 Å². The number of benzene rings is 1. The van der Waals surface area contributed by atoms with E-state index < -0.39 is 0 Å². The lowest BCUT2D eigenvalue weighted by Crippen LogP contribution is -2.25. The summed E-state index contributed by atoms with van der Waals surface area (Å²) in [6.07, 6.45) is 2.39. The molecule has 0 saturated heterocycles. The summed E-state index contributed by atoms with van der Waals surface area (Å²) in [5.41, 5.74) is 1.43. The molecule has 1 aromatic rings. The van der Waals surface area contributed by atoms with Gasteiger partial charge in [-0.1, -0.05) is 37.3 Å². The Bertz CT molecular complexity index is 259. The molecule has 0 aliphatic heterocycles. The topological polar surface area (TPSA) is 15.3 Å². The van der Waals surface area contributed by atoms with E-state index in [1.807, 2.05) is 0 Å². The fourth-order valence-corrected chi connectivity index (χ4v) is 1.73. The summed E-state index contributed by atoms with van der Waals surface area (Å²) >= 11 is 0. The molecule has 2 heteroatoms. The Morgan fingerprint density at radius 1 is 1.12 bits per heavy atom. The largest absolute Gasteiger partial charge is 0.317 e. The first kappa shape index (κ1) is 13.2. The molecule has 16 heavy (non-hydrogen) atoms. The highest BCUT2D eigenvalue weighted by atomic mass is 15.1. The average molecular weight is 220 g/mol. The van der Waals surface area contributed by atoms with Crippen LogP contribution in [0.3, 0.4) is 0 Å². The van der Waals surface area contributed by atoms with Crippen molar-refractivity contribution in [3.05, 3.63) is 35.9 Å². The van der Waals surface area contributed by atoms with Crippen molar-refractivity contribution < 1.29 is 0 Å². The van der Waals surface area contributed by atoms with Crippen LogP contribution < -0.4 is 5.32 Å². The molecule has 0 bridgehead atoms. The minimum Gasteiger partial charge on any atom is -0.317 e. The molecular weight excluding hydrogens is 196 g/mol. The highest BCUT2D eigenvalue weighted by Gasteiger charge is 1.98. The van der Waals surface area contributed by atoms with Gasteiger partial charge in [0.25, 0.3) is 0 Å². The minimum atomic E-state index is 1.08. The van der Waals surface area contributed by atoms with E-state index in [1.165, 1.54) is 18.5 Å². The number of hydrogen-bond donors (Lipinski definition) is 1. The lowest BCUT2D eigenvalue weighted by Gasteiger charge is -2.16. The van der Waals surface area contributed by atoms with Gasteiger partial charge in [0.15, 0.2) is 0 Å². The molecule has 0 aromatic heterocycles. The van der Waals surface area contributed by atoms with Crippen LogP contribution in [0.15, 0.2) is 30.3 Å². The number of nitrogens with one attached hydrogen (secondary N) is 1. The maximum atomic E-state index is 3.35. The molecule has 0 fully saturated rings. The zero-order valence-corrected chi connectivity index (χ0v) is 10.6. The van der Waals surface area contributed by atoms with Crippen molar-refractivity contribution in [3.8, 4) is 0 Å². The molecule has 1 rings (SSSR count). The summed E-state index contributed by atoms with van der Waals surface area (Å²) < 4.78 is 0. The molecule has 1 aromatic carbocycles. The van der Waals surface area contributed by atoms with Crippen molar-refractivity contribution >= 4 is 0 Å². The van der Waals surface area contributed by atoms with Crippen LogP contribution in [0.4, 0.5) is 0 Å². The van der Waals surface area contributed by atoms with Gasteiger partial charge in [-0.3, -0.25) is 0 Å². The quantitative estimate of drug-likeness (QED) is 0.675. The molecule has 0 heterocycles. The van der Waals surface area contributed by atoms with Gasteiger partial charge in [0, 0.05) is 6.54 Å². The number of hydrogen-bond acceptors (Lipinski definition) is 2. The van der Waals surface area contributed by atoms with Crippen LogP contribution in [0.2, 0.25) is 0 Å². The van der Waals surface area contributed by atoms with Crippen LogP contribution >= 0.6 is 0 Å². The van der Waals surface area contributed by atoms with Crippen molar-refractivity contribution in [1.29, 1.82) is 0 Å². The molecule has 0 aliphatic carbocycles. The summed E-state index contributed by atoms with van der Waals surface area (Å²) in [6.45, 7) is 6.69. The van der Waals surface area contributed by atoms with Gasteiger partial charge in [0.2, 0.25) is 0 Å². The summed E-state index contributed by atoms with van der Waals surface area (Å²) in [6, 6.07) is 10.7. The molecule has 0 spiro atoms. The van der Waals surface area contributed by atoms with Gasteiger partial charge in [0.1, 0.15) is 0 Å². The average Bonchev–Trinajstić information content (AvgIpc) is 2.33. The molecule has 0 atom stereocenters. The number of likely N-dealkylation sites (N-methyl/N-ethyl adjacent to an activating group) is 1. The zero-order chi connectivity index (χ0) is 11.6. The van der Waals surface area contributed by atoms with Crippen molar-refractivity contribution in [3.63, 3.8) is 0 Å². The molecular formula is C14H24N2. The van der Waals surface area contributed by atoms with Gasteiger partial charge >= 0.3 is 0 Å². The zero-order valence-electron chi connectivity index (χ0n) is 10.6. The van der Waals surface area contributed by atoms with E-state index >= 15 is 0 Å². The predicted octanol–water partition coefficient (Wildman–Crippen LogP) is 2.16. The summed E-state index contributed by atoms with van der Waals surface area (Å²) in [5, 5.41) is 3.35. The first-order chi connectivity index (χ1) is 7.83. The second-order valence-corrected chi connectivity index (χ2v) is 4.25. The van der Waals surface area contributed by atoms with Crippen molar-refractivity contribution in [1.82, 2.24) is 10.2 Å². The van der Waals surface area contributed by atoms with Crippen LogP contribution in [0.25, 0.3) is 0 Å². The van der Waals surface area contributed by atoms with Gasteiger partial charge in [-0.05, 0) is 45.1 Å². The van der Waals surface area contributed by atoms with Crippen LogP contribution in [0.1, 0.15) is 18.9 Å². The Balaban J connectivity index is 2.08. The van der Waals surface area contributed by atoms with Crippen LogP contribution in [0.5, 0.6) is 0 Å². The number of nitrogens with zero attached hydrogens (tertiary/aromatic N) is 1. The number of rotatable bonds is 8. The Morgan fingerprint density at radius 2 is 1.88 bits per heavy atom. The van der Waals surface area contributed by atoms with Gasteiger partial charge < -0.3 is 10.2 Å². The highest BCUT2D eigenvalue weighted by molar-refractivity contribution is 5.14. The Kier molecular flexibility index (Phi) is 6.86. The maximum Gasteiger partial charge on any atom is 0.00188 e. The van der Waals surface area contributed by atoms with E-state index in [2.05, 4.69) is 54.5 Å². The van der Waals surface area contributed by atoms with Crippen molar-refractivity contribution in [2.24, 2.45) is 0 Å². The lowest BCUT2D eigenvalue weighted by atomic mass is 10.1. The molecule has 0 saturated carbocycles. The smallest absolute Gasteiger partial charge is 0.00188 e. The predicted molar refractivity (Wildman–Crippen MR) is 70.8 cm³/mol. The monoisotopic (exact) mass is 220 g/mol. The van der Waals surface area contributed by atoms with E-state index in [1.54, 1.807) is 0 Å². The molecule has 0 amide bonds. The van der Waals surface area contributed by atoms with Gasteiger partial charge in [-0.15, -0.1) is 0 Å². The Hall–Kier alpha value is -0.860. The normalized spacial score (nSPS) is 10.9. The van der Waals surface area contributed by atoms with Crippen molar-refractivity contribution in [2.75, 3.05) is 33.2 Å². The van der Waals surface area contributed by atoms with E-state index in [0.29, 0.717) is 0 Å². The summed E-state index contributed by atoms with van der Waals surface area (Å²) in [5.74, 6) is 0. The van der Waals surface area contributed by atoms with Gasteiger partial charge in [-0.25, -0.2) is 0 Å². The SMILES string of the molecule is CCNCCCN(C)CCc1ccccc1. The van der Waals surface area contributed by atoms with E-state index in [0.717, 1.165) is 26.1 Å². The fraction of sp³-hybridized carbons (Fsp3) is 0.571. The van der Waals surface area contributed by atoms with Crippen LogP contribution in [0, 0.1) is 0 Å². The second kappa shape index (κ2) is 8.31. The standard InChI is InChI=1S/C14H24N2/c1-3-15-11-7-12-16(2)13-10-14-8-5-4-6-9-14/h4-6,8-9,15H,3,7,10-13H2,1-2H3. The highest BCUT2D eigenvalue weighted by Crippen LogP contribution is 2.00. The fourth-order valence-electron chi connectivity index (χ4n) is 1.73. The molecule has 1 N–H and O–H groups in total. The third kappa shape index (κ3) is 5.89. The van der Waals surface area contributed by atoms with E-state index in [4.69, 9.17) is 0 Å². The molecule has 90 valence electrons. The van der Waals surface area contributed by atoms with Crippen LogP contribution in [-0.2, 0) is 6.42 Å². The summed E-state index contributed by atoms with van der Waals surface area (Å²) in [7, 11) is 2.20. The van der Waals surface area contributed by atoms with Crippen molar-refractivity contribution in [2.45, 2.75) is 19.8 Å².